The summed E-state index contributed by atoms with van der Waals surface area (Å²) in [5.41, 5.74) is 3.52. The molecule has 4 N–H and O–H groups in total. The highest BCUT2D eigenvalue weighted by atomic mass is 16.5. The average molecular weight is 253 g/mol. The van der Waals surface area contributed by atoms with Gasteiger partial charge in [0.1, 0.15) is 17.5 Å². The summed E-state index contributed by atoms with van der Waals surface area (Å²) in [6.07, 6.45) is 0.911. The Balaban J connectivity index is 2.80. The second-order valence-electron chi connectivity index (χ2n) is 4.11. The van der Waals surface area contributed by atoms with E-state index < -0.39 is 0 Å². The molecular formula is C12H23N5O. The Morgan fingerprint density at radius 2 is 1.94 bits per heavy atom. The summed E-state index contributed by atoms with van der Waals surface area (Å²) in [5.74, 6) is 7.69. The molecule has 0 saturated carbocycles. The summed E-state index contributed by atoms with van der Waals surface area (Å²) in [5, 5.41) is 3.28. The number of anilines is 2. The van der Waals surface area contributed by atoms with Gasteiger partial charge in [0.2, 0.25) is 0 Å². The molecular weight excluding hydrogens is 230 g/mol. The number of aryl methyl sites for hydroxylation is 1. The van der Waals surface area contributed by atoms with Crippen LogP contribution in [0.1, 0.15) is 32.2 Å². The standard InChI is InChI=1S/C12H23N5O/c1-5-10-15-11(9(4)12(16-10)17-13)14-7-8(3)18-6-2/h8H,5-7,13H2,1-4H3,(H2,14,15,16,17). The van der Waals surface area contributed by atoms with Crippen molar-refractivity contribution in [2.75, 3.05) is 23.9 Å². The van der Waals surface area contributed by atoms with E-state index in [4.69, 9.17) is 10.6 Å². The van der Waals surface area contributed by atoms with Gasteiger partial charge in [0.25, 0.3) is 0 Å². The van der Waals surface area contributed by atoms with Crippen LogP contribution in [0.15, 0.2) is 0 Å². The average Bonchev–Trinajstić information content (AvgIpc) is 2.38. The van der Waals surface area contributed by atoms with Crippen LogP contribution in [0.4, 0.5) is 11.6 Å². The van der Waals surface area contributed by atoms with Gasteiger partial charge < -0.3 is 15.5 Å². The van der Waals surface area contributed by atoms with Crippen molar-refractivity contribution in [2.45, 2.75) is 40.2 Å². The van der Waals surface area contributed by atoms with Crippen molar-refractivity contribution in [2.24, 2.45) is 5.84 Å². The summed E-state index contributed by atoms with van der Waals surface area (Å²) in [6.45, 7) is 9.37. The van der Waals surface area contributed by atoms with Crippen molar-refractivity contribution in [1.29, 1.82) is 0 Å². The molecule has 1 aromatic heterocycles. The topological polar surface area (TPSA) is 85.1 Å². The molecule has 0 aromatic carbocycles. The summed E-state index contributed by atoms with van der Waals surface area (Å²) < 4.78 is 5.47. The zero-order valence-electron chi connectivity index (χ0n) is 11.6. The predicted molar refractivity (Wildman–Crippen MR) is 73.5 cm³/mol. The summed E-state index contributed by atoms with van der Waals surface area (Å²) in [4.78, 5) is 8.77. The molecule has 0 aliphatic heterocycles. The van der Waals surface area contributed by atoms with Crippen LogP contribution < -0.4 is 16.6 Å². The van der Waals surface area contributed by atoms with Crippen LogP contribution in [0.3, 0.4) is 0 Å². The summed E-state index contributed by atoms with van der Waals surface area (Å²) in [6, 6.07) is 0. The Morgan fingerprint density at radius 1 is 1.28 bits per heavy atom. The Kier molecular flexibility index (Phi) is 5.80. The third-order valence-electron chi connectivity index (χ3n) is 2.65. The maximum Gasteiger partial charge on any atom is 0.148 e. The molecule has 6 nitrogen and oxygen atoms in total. The molecule has 1 rings (SSSR count). The molecule has 0 bridgehead atoms. The van der Waals surface area contributed by atoms with Crippen LogP contribution in [-0.2, 0) is 11.2 Å². The number of nitrogens with one attached hydrogen (secondary N) is 2. The van der Waals surface area contributed by atoms with E-state index in [2.05, 4.69) is 20.7 Å². The maximum atomic E-state index is 5.47. The first-order chi connectivity index (χ1) is 8.62. The van der Waals surface area contributed by atoms with Crippen LogP contribution in [0.25, 0.3) is 0 Å². The van der Waals surface area contributed by atoms with Crippen molar-refractivity contribution < 1.29 is 4.74 Å². The van der Waals surface area contributed by atoms with Crippen LogP contribution in [0.2, 0.25) is 0 Å². The van der Waals surface area contributed by atoms with Gasteiger partial charge in [-0.1, -0.05) is 6.92 Å². The summed E-state index contributed by atoms with van der Waals surface area (Å²) in [7, 11) is 0. The minimum absolute atomic E-state index is 0.142. The fourth-order valence-corrected chi connectivity index (χ4v) is 1.62. The third-order valence-corrected chi connectivity index (χ3v) is 2.65. The van der Waals surface area contributed by atoms with Gasteiger partial charge in [0, 0.05) is 25.1 Å². The highest BCUT2D eigenvalue weighted by Gasteiger charge is 2.10. The second kappa shape index (κ2) is 7.13. The van der Waals surface area contributed by atoms with E-state index in [1.807, 2.05) is 27.7 Å². The largest absolute Gasteiger partial charge is 0.377 e. The minimum atomic E-state index is 0.142. The zero-order valence-corrected chi connectivity index (χ0v) is 11.6. The normalized spacial score (nSPS) is 12.3. The van der Waals surface area contributed by atoms with Gasteiger partial charge in [-0.2, -0.15) is 0 Å². The third kappa shape index (κ3) is 3.82. The van der Waals surface area contributed by atoms with Crippen molar-refractivity contribution in [1.82, 2.24) is 9.97 Å². The molecule has 0 amide bonds. The van der Waals surface area contributed by atoms with Gasteiger partial charge in [-0.15, -0.1) is 0 Å². The molecule has 0 aliphatic rings. The number of hydrazine groups is 1. The molecule has 0 fully saturated rings. The minimum Gasteiger partial charge on any atom is -0.377 e. The van der Waals surface area contributed by atoms with E-state index in [0.29, 0.717) is 19.0 Å². The number of nitrogens with zero attached hydrogens (tertiary/aromatic N) is 2. The van der Waals surface area contributed by atoms with Crippen molar-refractivity contribution in [3.63, 3.8) is 0 Å². The van der Waals surface area contributed by atoms with Crippen LogP contribution >= 0.6 is 0 Å². The van der Waals surface area contributed by atoms with Crippen LogP contribution in [0, 0.1) is 6.92 Å². The molecule has 1 atom stereocenters. The van der Waals surface area contributed by atoms with Crippen LogP contribution in [-0.4, -0.2) is 29.2 Å². The van der Waals surface area contributed by atoms with Gasteiger partial charge in [0.15, 0.2) is 0 Å². The Hall–Kier alpha value is -1.40. The quantitative estimate of drug-likeness (QED) is 0.504. The first kappa shape index (κ1) is 14.7. The summed E-state index contributed by atoms with van der Waals surface area (Å²) >= 11 is 0. The Morgan fingerprint density at radius 3 is 2.50 bits per heavy atom. The SMILES string of the molecule is CCOC(C)CNc1nc(CC)nc(NN)c1C. The first-order valence-electron chi connectivity index (χ1n) is 6.31. The number of nitrogen functional groups attached to an aromatic ring is 1. The first-order valence-corrected chi connectivity index (χ1v) is 6.31. The maximum absolute atomic E-state index is 5.47. The molecule has 18 heavy (non-hydrogen) atoms. The fourth-order valence-electron chi connectivity index (χ4n) is 1.62. The van der Waals surface area contributed by atoms with E-state index in [9.17, 15) is 0 Å². The van der Waals surface area contributed by atoms with Crippen molar-refractivity contribution in [3.8, 4) is 0 Å². The molecule has 102 valence electrons. The van der Waals surface area contributed by atoms with Gasteiger partial charge >= 0.3 is 0 Å². The van der Waals surface area contributed by atoms with Gasteiger partial charge in [-0.3, -0.25) is 0 Å². The van der Waals surface area contributed by atoms with E-state index in [1.165, 1.54) is 0 Å². The molecule has 0 spiro atoms. The predicted octanol–water partition coefficient (Wildman–Crippen LogP) is 1.47. The Labute approximate surface area is 108 Å². The lowest BCUT2D eigenvalue weighted by Gasteiger charge is -2.16. The lowest BCUT2D eigenvalue weighted by atomic mass is 10.3. The highest BCUT2D eigenvalue weighted by Crippen LogP contribution is 2.19. The van der Waals surface area contributed by atoms with E-state index in [1.54, 1.807) is 0 Å². The van der Waals surface area contributed by atoms with Crippen LogP contribution in [0.5, 0.6) is 0 Å². The van der Waals surface area contributed by atoms with Gasteiger partial charge in [-0.05, 0) is 20.8 Å². The lowest BCUT2D eigenvalue weighted by Crippen LogP contribution is -2.22. The van der Waals surface area contributed by atoms with Gasteiger partial charge in [0.05, 0.1) is 6.10 Å². The molecule has 0 aliphatic carbocycles. The van der Waals surface area contributed by atoms with Crippen molar-refractivity contribution in [3.05, 3.63) is 11.4 Å². The number of rotatable bonds is 7. The molecule has 6 heteroatoms. The highest BCUT2D eigenvalue weighted by molar-refractivity contribution is 5.56. The fraction of sp³-hybridized carbons (Fsp3) is 0.667. The number of aromatic nitrogens is 2. The van der Waals surface area contributed by atoms with E-state index >= 15 is 0 Å². The monoisotopic (exact) mass is 253 g/mol. The molecule has 1 heterocycles. The number of nitrogens with two attached hydrogens (primary N) is 1. The Bertz CT molecular complexity index is 383. The molecule has 0 radical (unpaired) electrons. The number of ether oxygens (including phenoxy) is 1. The van der Waals surface area contributed by atoms with Crippen molar-refractivity contribution >= 4 is 11.6 Å². The molecule has 1 aromatic rings. The van der Waals surface area contributed by atoms with E-state index in [-0.39, 0.29) is 6.10 Å². The van der Waals surface area contributed by atoms with E-state index in [0.717, 1.165) is 23.6 Å². The zero-order chi connectivity index (χ0) is 13.5. The number of hydrogen-bond acceptors (Lipinski definition) is 6. The second-order valence-corrected chi connectivity index (χ2v) is 4.11. The number of hydrogen-bond donors (Lipinski definition) is 3. The smallest absolute Gasteiger partial charge is 0.148 e. The molecule has 1 unspecified atom stereocenters. The lowest BCUT2D eigenvalue weighted by molar-refractivity contribution is 0.0854. The molecule has 0 saturated heterocycles. The van der Waals surface area contributed by atoms with Gasteiger partial charge in [-0.25, -0.2) is 15.8 Å².